The summed E-state index contributed by atoms with van der Waals surface area (Å²) in [6, 6.07) is 4.47. The third-order valence-corrected chi connectivity index (χ3v) is 4.83. The first-order valence-corrected chi connectivity index (χ1v) is 11.3. The molecule has 1 atom stereocenters. The molecule has 0 saturated heterocycles. The smallest absolute Gasteiger partial charge is 0.408 e. The number of benzene rings is 1. The van der Waals surface area contributed by atoms with Crippen LogP contribution in [-0.4, -0.2) is 56.8 Å². The third-order valence-electron chi connectivity index (χ3n) is 3.53. The van der Waals surface area contributed by atoms with Crippen LogP contribution in [0.2, 0.25) is 0 Å². The summed E-state index contributed by atoms with van der Waals surface area (Å²) in [4.78, 5) is 36.4. The van der Waals surface area contributed by atoms with Crippen molar-refractivity contribution in [1.29, 1.82) is 0 Å². The SMILES string of the molecule is Cc1ccc(S(=O)(=O)OC[C@H](NC(=O)OC(C)(C)C)C(=O)NCC(=O)OC(C)(C)C)cc1. The summed E-state index contributed by atoms with van der Waals surface area (Å²) in [7, 11) is -4.20. The molecule has 0 aromatic heterocycles. The lowest BCUT2D eigenvalue weighted by atomic mass is 10.2. The molecule has 180 valence electrons. The predicted molar refractivity (Wildman–Crippen MR) is 116 cm³/mol. The Morgan fingerprint density at radius 1 is 0.938 bits per heavy atom. The number of aryl methyl sites for hydroxylation is 1. The molecule has 1 rings (SSSR count). The molecule has 0 aliphatic heterocycles. The average molecular weight is 473 g/mol. The van der Waals surface area contributed by atoms with Crippen molar-refractivity contribution in [3.8, 4) is 0 Å². The highest BCUT2D eigenvalue weighted by Crippen LogP contribution is 2.14. The zero-order chi connectivity index (χ0) is 24.7. The quantitative estimate of drug-likeness (QED) is 0.433. The summed E-state index contributed by atoms with van der Waals surface area (Å²) in [6.07, 6.45) is -0.953. The predicted octanol–water partition coefficient (Wildman–Crippen LogP) is 2.05. The van der Waals surface area contributed by atoms with Gasteiger partial charge >= 0.3 is 12.1 Å². The Hall–Kier alpha value is -2.66. The van der Waals surface area contributed by atoms with Crippen molar-refractivity contribution < 1.29 is 36.5 Å². The Morgan fingerprint density at radius 2 is 1.47 bits per heavy atom. The molecule has 0 radical (unpaired) electrons. The minimum absolute atomic E-state index is 0.103. The Morgan fingerprint density at radius 3 is 1.97 bits per heavy atom. The van der Waals surface area contributed by atoms with Crippen LogP contribution in [0.25, 0.3) is 0 Å². The highest BCUT2D eigenvalue weighted by atomic mass is 32.2. The lowest BCUT2D eigenvalue weighted by Crippen LogP contribution is -2.51. The molecule has 0 aliphatic rings. The molecule has 32 heavy (non-hydrogen) atoms. The highest BCUT2D eigenvalue weighted by molar-refractivity contribution is 7.86. The fourth-order valence-corrected chi connectivity index (χ4v) is 3.14. The normalized spacial score (nSPS) is 13.1. The Bertz CT molecular complexity index is 913. The number of hydrogen-bond acceptors (Lipinski definition) is 8. The van der Waals surface area contributed by atoms with Crippen LogP contribution < -0.4 is 10.6 Å². The van der Waals surface area contributed by atoms with E-state index in [0.29, 0.717) is 0 Å². The van der Waals surface area contributed by atoms with E-state index < -0.39 is 58.5 Å². The van der Waals surface area contributed by atoms with Crippen molar-refractivity contribution in [3.63, 3.8) is 0 Å². The van der Waals surface area contributed by atoms with Crippen molar-refractivity contribution in [3.05, 3.63) is 29.8 Å². The van der Waals surface area contributed by atoms with Gasteiger partial charge in [0.15, 0.2) is 0 Å². The maximum atomic E-state index is 12.5. The monoisotopic (exact) mass is 472 g/mol. The molecule has 0 spiro atoms. The van der Waals surface area contributed by atoms with Gasteiger partial charge in [-0.1, -0.05) is 17.7 Å². The summed E-state index contributed by atoms with van der Waals surface area (Å²) in [5.41, 5.74) is -0.743. The van der Waals surface area contributed by atoms with Gasteiger partial charge in [-0.2, -0.15) is 8.42 Å². The molecule has 0 saturated carbocycles. The van der Waals surface area contributed by atoms with Crippen LogP contribution in [0.1, 0.15) is 47.1 Å². The van der Waals surface area contributed by atoms with Crippen LogP contribution in [0.5, 0.6) is 0 Å². The molecule has 11 heteroatoms. The Kier molecular flexibility index (Phi) is 9.22. The Labute approximate surface area is 189 Å². The molecule has 0 aliphatic carbocycles. The van der Waals surface area contributed by atoms with Crippen molar-refractivity contribution >= 4 is 28.1 Å². The number of rotatable bonds is 8. The number of ether oxygens (including phenoxy) is 2. The standard InChI is InChI=1S/C21H32N2O8S/c1-14-8-10-15(11-9-14)32(27,28)29-13-16(23-19(26)31-21(5,6)7)18(25)22-12-17(24)30-20(2,3)4/h8-11,16H,12-13H2,1-7H3,(H,22,25)(H,23,26)/t16-/m0/s1. The van der Waals surface area contributed by atoms with Gasteiger partial charge in [-0.3, -0.25) is 13.8 Å². The first-order valence-electron chi connectivity index (χ1n) is 9.94. The topological polar surface area (TPSA) is 137 Å². The minimum Gasteiger partial charge on any atom is -0.459 e. The maximum Gasteiger partial charge on any atom is 0.408 e. The fraction of sp³-hybridized carbons (Fsp3) is 0.571. The number of esters is 1. The number of hydrogen-bond donors (Lipinski definition) is 2. The van der Waals surface area contributed by atoms with Crippen molar-refractivity contribution in [2.75, 3.05) is 13.2 Å². The summed E-state index contributed by atoms with van der Waals surface area (Å²) in [6.45, 7) is 10.5. The lowest BCUT2D eigenvalue weighted by molar-refractivity contribution is -0.154. The van der Waals surface area contributed by atoms with Gasteiger partial charge in [0.25, 0.3) is 10.1 Å². The largest absolute Gasteiger partial charge is 0.459 e. The molecule has 2 amide bonds. The number of carbonyl (C=O) groups excluding carboxylic acids is 3. The highest BCUT2D eigenvalue weighted by Gasteiger charge is 2.28. The van der Waals surface area contributed by atoms with E-state index in [0.717, 1.165) is 5.56 Å². The van der Waals surface area contributed by atoms with Gasteiger partial charge in [0.1, 0.15) is 23.8 Å². The number of nitrogens with one attached hydrogen (secondary N) is 2. The van der Waals surface area contributed by atoms with Crippen LogP contribution in [0, 0.1) is 6.92 Å². The molecule has 2 N–H and O–H groups in total. The van der Waals surface area contributed by atoms with Crippen LogP contribution >= 0.6 is 0 Å². The second-order valence-electron chi connectivity index (χ2n) is 9.05. The van der Waals surface area contributed by atoms with Gasteiger partial charge in [0, 0.05) is 0 Å². The fourth-order valence-electron chi connectivity index (χ4n) is 2.22. The van der Waals surface area contributed by atoms with Crippen molar-refractivity contribution in [2.24, 2.45) is 0 Å². The number of alkyl carbamates (subject to hydrolysis) is 1. The third kappa shape index (κ3) is 10.6. The van der Waals surface area contributed by atoms with E-state index in [1.54, 1.807) is 60.6 Å². The molecule has 0 heterocycles. The Balaban J connectivity index is 2.89. The summed E-state index contributed by atoms with van der Waals surface area (Å²) in [5.74, 6) is -1.55. The van der Waals surface area contributed by atoms with Gasteiger partial charge in [-0.05, 0) is 60.6 Å². The van der Waals surface area contributed by atoms with Crippen molar-refractivity contribution in [2.45, 2.75) is 70.6 Å². The molecule has 0 bridgehead atoms. The summed E-state index contributed by atoms with van der Waals surface area (Å²) in [5, 5.41) is 4.56. The van der Waals surface area contributed by atoms with Gasteiger partial charge < -0.3 is 20.1 Å². The first kappa shape index (κ1) is 27.4. The van der Waals surface area contributed by atoms with E-state index in [4.69, 9.17) is 13.7 Å². The minimum atomic E-state index is -4.20. The molecule has 10 nitrogen and oxygen atoms in total. The zero-order valence-electron chi connectivity index (χ0n) is 19.5. The van der Waals surface area contributed by atoms with Gasteiger partial charge in [0.05, 0.1) is 11.5 Å². The van der Waals surface area contributed by atoms with E-state index in [1.165, 1.54) is 12.1 Å². The molecule has 0 unspecified atom stereocenters. The first-order chi connectivity index (χ1) is 14.5. The average Bonchev–Trinajstić information content (AvgIpc) is 2.60. The number of amides is 2. The molecule has 1 aromatic rings. The van der Waals surface area contributed by atoms with Gasteiger partial charge in [-0.25, -0.2) is 4.79 Å². The van der Waals surface area contributed by atoms with E-state index in [-0.39, 0.29) is 4.90 Å². The van der Waals surface area contributed by atoms with E-state index in [1.807, 2.05) is 0 Å². The van der Waals surface area contributed by atoms with Gasteiger partial charge in [0.2, 0.25) is 5.91 Å². The van der Waals surface area contributed by atoms with Crippen LogP contribution in [-0.2, 0) is 33.4 Å². The number of carbonyl (C=O) groups is 3. The van der Waals surface area contributed by atoms with Crippen LogP contribution in [0.15, 0.2) is 29.2 Å². The summed E-state index contributed by atoms with van der Waals surface area (Å²) < 4.78 is 40.1. The second kappa shape index (κ2) is 10.8. The molecular formula is C21H32N2O8S. The van der Waals surface area contributed by atoms with Crippen LogP contribution in [0.4, 0.5) is 4.79 Å². The molecular weight excluding hydrogens is 440 g/mol. The maximum absolute atomic E-state index is 12.5. The molecule has 1 aromatic carbocycles. The van der Waals surface area contributed by atoms with E-state index >= 15 is 0 Å². The lowest BCUT2D eigenvalue weighted by Gasteiger charge is -2.23. The van der Waals surface area contributed by atoms with Crippen molar-refractivity contribution in [1.82, 2.24) is 10.6 Å². The van der Waals surface area contributed by atoms with Gasteiger partial charge in [-0.15, -0.1) is 0 Å². The zero-order valence-corrected chi connectivity index (χ0v) is 20.3. The molecule has 0 fully saturated rings. The van der Waals surface area contributed by atoms with E-state index in [9.17, 15) is 22.8 Å². The van der Waals surface area contributed by atoms with Crippen LogP contribution in [0.3, 0.4) is 0 Å². The summed E-state index contributed by atoms with van der Waals surface area (Å²) >= 11 is 0. The van der Waals surface area contributed by atoms with E-state index in [2.05, 4.69) is 10.6 Å². The second-order valence-corrected chi connectivity index (χ2v) is 10.7.